The van der Waals surface area contributed by atoms with Crippen molar-refractivity contribution in [1.82, 2.24) is 9.80 Å². The topological polar surface area (TPSA) is 32.8 Å². The van der Waals surface area contributed by atoms with Crippen LogP contribution in [0.2, 0.25) is 0 Å². The summed E-state index contributed by atoms with van der Waals surface area (Å²) in [6.07, 6.45) is -0.182. The summed E-state index contributed by atoms with van der Waals surface area (Å²) in [5.74, 6) is 0.686. The Bertz CT molecular complexity index is 300. The maximum atomic E-state index is 11.7. The van der Waals surface area contributed by atoms with Gasteiger partial charge in [0.25, 0.3) is 0 Å². The van der Waals surface area contributed by atoms with E-state index in [9.17, 15) is 4.79 Å². The third-order valence-electron chi connectivity index (χ3n) is 3.22. The Kier molecular flexibility index (Phi) is 3.29. The summed E-state index contributed by atoms with van der Waals surface area (Å²) in [4.78, 5) is 15.9. The largest absolute Gasteiger partial charge is 0.444 e. The lowest BCUT2D eigenvalue weighted by atomic mass is 9.73. The molecule has 0 bridgehead atoms. The molecule has 2 saturated heterocycles. The van der Waals surface area contributed by atoms with Gasteiger partial charge in [0.15, 0.2) is 0 Å². The molecule has 5 heteroatoms. The summed E-state index contributed by atoms with van der Waals surface area (Å²) in [5, 5.41) is 0. The molecule has 0 aliphatic carbocycles. The van der Waals surface area contributed by atoms with E-state index in [1.165, 1.54) is 0 Å². The Morgan fingerprint density at radius 2 is 1.88 bits per heavy atom. The van der Waals surface area contributed by atoms with E-state index < -0.39 is 5.60 Å². The highest BCUT2D eigenvalue weighted by molar-refractivity contribution is 6.18. The fourth-order valence-electron chi connectivity index (χ4n) is 2.60. The molecule has 2 fully saturated rings. The summed E-state index contributed by atoms with van der Waals surface area (Å²) in [6, 6.07) is 0. The van der Waals surface area contributed by atoms with Crippen LogP contribution < -0.4 is 0 Å². The summed E-state index contributed by atoms with van der Waals surface area (Å²) in [7, 11) is 0. The number of hydrogen-bond donors (Lipinski definition) is 0. The van der Waals surface area contributed by atoms with Gasteiger partial charge < -0.3 is 14.5 Å². The number of amides is 1. The second-order valence-corrected chi connectivity index (χ2v) is 6.61. The fraction of sp³-hybridized carbons (Fsp3) is 0.917. The molecule has 1 amide bonds. The molecular weight excluding hydrogens is 240 g/mol. The molecule has 2 aliphatic heterocycles. The van der Waals surface area contributed by atoms with Gasteiger partial charge in [-0.2, -0.15) is 0 Å². The van der Waals surface area contributed by atoms with Gasteiger partial charge in [-0.15, -0.1) is 11.6 Å². The Labute approximate surface area is 108 Å². The predicted octanol–water partition coefficient (Wildman–Crippen LogP) is 1.78. The van der Waals surface area contributed by atoms with Crippen LogP contribution in [0.15, 0.2) is 0 Å². The highest BCUT2D eigenvalue weighted by Crippen LogP contribution is 2.39. The average Bonchev–Trinajstić information content (AvgIpc) is 2.03. The molecule has 2 aliphatic rings. The van der Waals surface area contributed by atoms with Gasteiger partial charge in [-0.25, -0.2) is 4.79 Å². The number of ether oxygens (including phenoxy) is 1. The first-order chi connectivity index (χ1) is 7.84. The van der Waals surface area contributed by atoms with Crippen LogP contribution in [-0.2, 0) is 4.74 Å². The Balaban J connectivity index is 1.71. The molecular formula is C12H21ClN2O2. The highest BCUT2D eigenvalue weighted by Gasteiger charge is 2.53. The Morgan fingerprint density at radius 3 is 2.35 bits per heavy atom. The molecule has 17 heavy (non-hydrogen) atoms. The molecule has 0 radical (unpaired) electrons. The van der Waals surface area contributed by atoms with E-state index in [1.54, 1.807) is 4.90 Å². The monoisotopic (exact) mass is 260 g/mol. The lowest BCUT2D eigenvalue weighted by Crippen LogP contribution is -2.73. The summed E-state index contributed by atoms with van der Waals surface area (Å²) < 4.78 is 5.33. The minimum Gasteiger partial charge on any atom is -0.444 e. The van der Waals surface area contributed by atoms with Crippen molar-refractivity contribution in [3.05, 3.63) is 0 Å². The average molecular weight is 261 g/mol. The van der Waals surface area contributed by atoms with Gasteiger partial charge >= 0.3 is 6.09 Å². The first kappa shape index (κ1) is 13.0. The number of rotatable bonds is 2. The van der Waals surface area contributed by atoms with Crippen LogP contribution in [0.3, 0.4) is 0 Å². The number of hydrogen-bond acceptors (Lipinski definition) is 3. The van der Waals surface area contributed by atoms with Gasteiger partial charge in [-0.1, -0.05) is 0 Å². The van der Waals surface area contributed by atoms with Gasteiger partial charge in [0.05, 0.1) is 0 Å². The van der Waals surface area contributed by atoms with E-state index in [4.69, 9.17) is 16.3 Å². The van der Waals surface area contributed by atoms with Crippen molar-refractivity contribution in [2.45, 2.75) is 26.4 Å². The molecule has 1 spiro atoms. The summed E-state index contributed by atoms with van der Waals surface area (Å²) in [5.41, 5.74) is -0.0624. The zero-order valence-electron chi connectivity index (χ0n) is 10.8. The van der Waals surface area contributed by atoms with Crippen molar-refractivity contribution in [3.63, 3.8) is 0 Å². The lowest BCUT2D eigenvalue weighted by Gasteiger charge is -2.59. The fourth-order valence-corrected chi connectivity index (χ4v) is 2.84. The van der Waals surface area contributed by atoms with Crippen LogP contribution in [0.1, 0.15) is 20.8 Å². The minimum atomic E-state index is -0.399. The SMILES string of the molecule is CC(C)(C)OC(=O)N1CC2(CN(CCCl)C2)C1. The minimum absolute atomic E-state index is 0.182. The van der Waals surface area contributed by atoms with E-state index in [0.29, 0.717) is 11.3 Å². The third-order valence-corrected chi connectivity index (χ3v) is 3.39. The molecule has 0 saturated carbocycles. The molecule has 0 aromatic heterocycles. The highest BCUT2D eigenvalue weighted by atomic mass is 35.5. The lowest BCUT2D eigenvalue weighted by molar-refractivity contribution is -0.110. The van der Waals surface area contributed by atoms with Crippen molar-refractivity contribution in [3.8, 4) is 0 Å². The quantitative estimate of drug-likeness (QED) is 0.710. The zero-order valence-corrected chi connectivity index (χ0v) is 11.6. The smallest absolute Gasteiger partial charge is 0.410 e. The zero-order chi connectivity index (χ0) is 12.7. The number of nitrogens with zero attached hydrogens (tertiary/aromatic N) is 2. The van der Waals surface area contributed by atoms with Crippen molar-refractivity contribution in [2.24, 2.45) is 5.41 Å². The summed E-state index contributed by atoms with van der Waals surface area (Å²) >= 11 is 5.69. The Hall–Kier alpha value is -0.480. The number of alkyl halides is 1. The van der Waals surface area contributed by atoms with Crippen molar-refractivity contribution in [2.75, 3.05) is 38.6 Å². The van der Waals surface area contributed by atoms with Gasteiger partial charge in [0.1, 0.15) is 5.60 Å². The molecule has 0 atom stereocenters. The van der Waals surface area contributed by atoms with E-state index in [1.807, 2.05) is 20.8 Å². The molecule has 4 nitrogen and oxygen atoms in total. The van der Waals surface area contributed by atoms with E-state index in [2.05, 4.69) is 4.90 Å². The van der Waals surface area contributed by atoms with Gasteiger partial charge in [-0.3, -0.25) is 0 Å². The van der Waals surface area contributed by atoms with E-state index >= 15 is 0 Å². The van der Waals surface area contributed by atoms with Crippen LogP contribution >= 0.6 is 11.6 Å². The van der Waals surface area contributed by atoms with Crippen LogP contribution in [0, 0.1) is 5.41 Å². The standard InChI is InChI=1S/C12H21ClN2O2/c1-11(2,3)17-10(16)15-8-12(9-15)6-14(7-12)5-4-13/h4-9H2,1-3H3. The number of likely N-dealkylation sites (tertiary alicyclic amines) is 2. The van der Waals surface area contributed by atoms with E-state index in [-0.39, 0.29) is 6.09 Å². The predicted molar refractivity (Wildman–Crippen MR) is 67.4 cm³/mol. The van der Waals surface area contributed by atoms with E-state index in [0.717, 1.165) is 32.7 Å². The molecule has 2 rings (SSSR count). The van der Waals surface area contributed by atoms with Crippen molar-refractivity contribution < 1.29 is 9.53 Å². The third kappa shape index (κ3) is 2.86. The van der Waals surface area contributed by atoms with Gasteiger partial charge in [0.2, 0.25) is 0 Å². The molecule has 0 unspecified atom stereocenters. The summed E-state index contributed by atoms with van der Waals surface area (Å²) in [6.45, 7) is 10.4. The van der Waals surface area contributed by atoms with Crippen LogP contribution in [0.4, 0.5) is 4.79 Å². The van der Waals surface area contributed by atoms with Crippen LogP contribution in [-0.4, -0.2) is 60.1 Å². The number of halogens is 1. The molecule has 98 valence electrons. The molecule has 2 heterocycles. The Morgan fingerprint density at radius 1 is 1.29 bits per heavy atom. The molecule has 0 N–H and O–H groups in total. The van der Waals surface area contributed by atoms with Gasteiger partial charge in [-0.05, 0) is 20.8 Å². The first-order valence-corrected chi connectivity index (χ1v) is 6.63. The van der Waals surface area contributed by atoms with Crippen LogP contribution in [0.25, 0.3) is 0 Å². The number of carbonyl (C=O) groups is 1. The molecule has 0 aromatic carbocycles. The maximum Gasteiger partial charge on any atom is 0.410 e. The normalized spacial score (nSPS) is 23.2. The van der Waals surface area contributed by atoms with Gasteiger partial charge in [0, 0.05) is 44.0 Å². The second kappa shape index (κ2) is 4.32. The first-order valence-electron chi connectivity index (χ1n) is 6.10. The second-order valence-electron chi connectivity index (χ2n) is 6.24. The number of carbonyl (C=O) groups excluding carboxylic acids is 1. The van der Waals surface area contributed by atoms with Crippen LogP contribution in [0.5, 0.6) is 0 Å². The maximum absolute atomic E-state index is 11.7. The molecule has 0 aromatic rings. The van der Waals surface area contributed by atoms with Crippen molar-refractivity contribution >= 4 is 17.7 Å². The van der Waals surface area contributed by atoms with Crippen molar-refractivity contribution in [1.29, 1.82) is 0 Å².